The fourth-order valence-electron chi connectivity index (χ4n) is 1.95. The molecule has 2 nitrogen and oxygen atoms in total. The smallest absolute Gasteiger partial charge is 0.125 e. The van der Waals surface area contributed by atoms with E-state index >= 15 is 0 Å². The second kappa shape index (κ2) is 6.39. The summed E-state index contributed by atoms with van der Waals surface area (Å²) in [4.78, 5) is 0. The van der Waals surface area contributed by atoms with E-state index in [1.165, 1.54) is 5.56 Å². The largest absolute Gasteiger partial charge is 0.489 e. The third-order valence-electron chi connectivity index (χ3n) is 3.18. The molecule has 0 aliphatic carbocycles. The van der Waals surface area contributed by atoms with E-state index in [1.54, 1.807) is 0 Å². The number of para-hydroxylation sites is 1. The maximum Gasteiger partial charge on any atom is 0.125 e. The Kier molecular flexibility index (Phi) is 4.58. The number of aryl methyl sites for hydroxylation is 1. The molecule has 0 aliphatic rings. The molecule has 2 heteroatoms. The molecule has 0 aromatic heterocycles. The molecule has 0 heterocycles. The zero-order valence-corrected chi connectivity index (χ0v) is 11.5. The van der Waals surface area contributed by atoms with Gasteiger partial charge in [0.05, 0.1) is 6.10 Å². The van der Waals surface area contributed by atoms with Crippen LogP contribution in [0.15, 0.2) is 48.5 Å². The lowest BCUT2D eigenvalue weighted by molar-refractivity contribution is 0.166. The van der Waals surface area contributed by atoms with Crippen molar-refractivity contribution in [2.75, 3.05) is 0 Å². The Morgan fingerprint density at radius 2 is 1.74 bits per heavy atom. The van der Waals surface area contributed by atoms with E-state index in [2.05, 4.69) is 31.2 Å². The Morgan fingerprint density at radius 3 is 2.42 bits per heavy atom. The van der Waals surface area contributed by atoms with Crippen molar-refractivity contribution in [3.63, 3.8) is 0 Å². The summed E-state index contributed by atoms with van der Waals surface area (Å²) in [5, 5.41) is 9.96. The SMILES string of the molecule is CC[C@@H](O)c1ccccc1OCc1ccc(C)cc1. The molecule has 1 atom stereocenters. The minimum absolute atomic E-state index is 0.464. The summed E-state index contributed by atoms with van der Waals surface area (Å²) in [6.45, 7) is 4.55. The Morgan fingerprint density at radius 1 is 1.05 bits per heavy atom. The quantitative estimate of drug-likeness (QED) is 0.875. The first-order valence-corrected chi connectivity index (χ1v) is 6.66. The number of hydrogen-bond donors (Lipinski definition) is 1. The minimum Gasteiger partial charge on any atom is -0.489 e. The molecular weight excluding hydrogens is 236 g/mol. The van der Waals surface area contributed by atoms with Gasteiger partial charge in [0.25, 0.3) is 0 Å². The number of aliphatic hydroxyl groups excluding tert-OH is 1. The molecule has 0 saturated carbocycles. The maximum absolute atomic E-state index is 9.96. The zero-order valence-electron chi connectivity index (χ0n) is 11.5. The van der Waals surface area contributed by atoms with Crippen LogP contribution in [0.2, 0.25) is 0 Å². The van der Waals surface area contributed by atoms with Crippen molar-refractivity contribution >= 4 is 0 Å². The Balaban J connectivity index is 2.09. The van der Waals surface area contributed by atoms with Crippen LogP contribution in [-0.4, -0.2) is 5.11 Å². The van der Waals surface area contributed by atoms with Crippen LogP contribution in [0, 0.1) is 6.92 Å². The van der Waals surface area contributed by atoms with Crippen molar-refractivity contribution in [1.29, 1.82) is 0 Å². The summed E-state index contributed by atoms with van der Waals surface area (Å²) in [5.41, 5.74) is 3.23. The fraction of sp³-hybridized carbons (Fsp3) is 0.294. The van der Waals surface area contributed by atoms with Gasteiger partial charge in [-0.15, -0.1) is 0 Å². The molecule has 1 N–H and O–H groups in total. The first-order valence-electron chi connectivity index (χ1n) is 6.66. The number of hydrogen-bond acceptors (Lipinski definition) is 2. The van der Waals surface area contributed by atoms with Gasteiger partial charge < -0.3 is 9.84 Å². The van der Waals surface area contributed by atoms with Crippen LogP contribution in [0.4, 0.5) is 0 Å². The highest BCUT2D eigenvalue weighted by Gasteiger charge is 2.10. The molecular formula is C17H20O2. The third-order valence-corrected chi connectivity index (χ3v) is 3.18. The van der Waals surface area contributed by atoms with Crippen LogP contribution < -0.4 is 4.74 Å². The van der Waals surface area contributed by atoms with Crippen LogP contribution >= 0.6 is 0 Å². The molecule has 0 fully saturated rings. The molecule has 0 amide bonds. The molecule has 100 valence electrons. The molecule has 2 aromatic carbocycles. The van der Waals surface area contributed by atoms with Gasteiger partial charge >= 0.3 is 0 Å². The van der Waals surface area contributed by atoms with Crippen molar-refractivity contribution in [2.24, 2.45) is 0 Å². The summed E-state index contributed by atoms with van der Waals surface area (Å²) in [7, 11) is 0. The van der Waals surface area contributed by atoms with Gasteiger partial charge in [0.2, 0.25) is 0 Å². The van der Waals surface area contributed by atoms with Crippen molar-refractivity contribution in [3.05, 3.63) is 65.2 Å². The summed E-state index contributed by atoms with van der Waals surface area (Å²) in [5.74, 6) is 0.762. The topological polar surface area (TPSA) is 29.5 Å². The molecule has 0 spiro atoms. The highest BCUT2D eigenvalue weighted by molar-refractivity contribution is 5.35. The number of ether oxygens (including phenoxy) is 1. The van der Waals surface area contributed by atoms with Crippen LogP contribution in [-0.2, 0) is 6.61 Å². The normalized spacial score (nSPS) is 12.2. The maximum atomic E-state index is 9.96. The Labute approximate surface area is 114 Å². The minimum atomic E-state index is -0.464. The van der Waals surface area contributed by atoms with Crippen LogP contribution in [0.1, 0.15) is 36.1 Å². The van der Waals surface area contributed by atoms with Gasteiger partial charge in [0.15, 0.2) is 0 Å². The molecule has 0 unspecified atom stereocenters. The fourth-order valence-corrected chi connectivity index (χ4v) is 1.95. The van der Waals surface area contributed by atoms with Gasteiger partial charge in [-0.05, 0) is 25.0 Å². The predicted octanol–water partition coefficient (Wildman–Crippen LogP) is 4.02. The van der Waals surface area contributed by atoms with Crippen LogP contribution in [0.25, 0.3) is 0 Å². The van der Waals surface area contributed by atoms with E-state index in [9.17, 15) is 5.11 Å². The van der Waals surface area contributed by atoms with E-state index in [4.69, 9.17) is 4.74 Å². The van der Waals surface area contributed by atoms with Gasteiger partial charge in [-0.2, -0.15) is 0 Å². The van der Waals surface area contributed by atoms with Crippen molar-refractivity contribution < 1.29 is 9.84 Å². The Hall–Kier alpha value is -1.80. The summed E-state index contributed by atoms with van der Waals surface area (Å²) < 4.78 is 5.83. The van der Waals surface area contributed by atoms with Crippen molar-refractivity contribution in [3.8, 4) is 5.75 Å². The van der Waals surface area contributed by atoms with Crippen molar-refractivity contribution in [2.45, 2.75) is 33.0 Å². The van der Waals surface area contributed by atoms with Crippen LogP contribution in [0.3, 0.4) is 0 Å². The van der Waals surface area contributed by atoms with Gasteiger partial charge in [-0.25, -0.2) is 0 Å². The molecule has 0 saturated heterocycles. The highest BCUT2D eigenvalue weighted by Crippen LogP contribution is 2.27. The standard InChI is InChI=1S/C17H20O2/c1-3-16(18)15-6-4-5-7-17(15)19-12-14-10-8-13(2)9-11-14/h4-11,16,18H,3,12H2,1-2H3/t16-/m1/s1. The van der Waals surface area contributed by atoms with Crippen molar-refractivity contribution in [1.82, 2.24) is 0 Å². The molecule has 0 aliphatic heterocycles. The van der Waals surface area contributed by atoms with Gasteiger partial charge in [0, 0.05) is 5.56 Å². The van der Waals surface area contributed by atoms with E-state index in [0.29, 0.717) is 13.0 Å². The summed E-state index contributed by atoms with van der Waals surface area (Å²) in [6.07, 6.45) is 0.222. The highest BCUT2D eigenvalue weighted by atomic mass is 16.5. The van der Waals surface area contributed by atoms with E-state index in [1.807, 2.05) is 31.2 Å². The van der Waals surface area contributed by atoms with Gasteiger partial charge in [-0.1, -0.05) is 55.0 Å². The van der Waals surface area contributed by atoms with E-state index in [0.717, 1.165) is 16.9 Å². The summed E-state index contributed by atoms with van der Waals surface area (Å²) in [6, 6.07) is 15.9. The lowest BCUT2D eigenvalue weighted by Crippen LogP contribution is -2.02. The molecule has 19 heavy (non-hydrogen) atoms. The predicted molar refractivity (Wildman–Crippen MR) is 77.2 cm³/mol. The first kappa shape index (κ1) is 13.6. The molecule has 0 bridgehead atoms. The van der Waals surface area contributed by atoms with E-state index in [-0.39, 0.29) is 0 Å². The average molecular weight is 256 g/mol. The van der Waals surface area contributed by atoms with E-state index < -0.39 is 6.10 Å². The molecule has 2 rings (SSSR count). The lowest BCUT2D eigenvalue weighted by Gasteiger charge is -2.15. The van der Waals surface area contributed by atoms with Gasteiger partial charge in [-0.3, -0.25) is 0 Å². The zero-order chi connectivity index (χ0) is 13.7. The number of rotatable bonds is 5. The average Bonchev–Trinajstić information content (AvgIpc) is 2.46. The molecule has 2 aromatic rings. The van der Waals surface area contributed by atoms with Crippen LogP contribution in [0.5, 0.6) is 5.75 Å². The monoisotopic (exact) mass is 256 g/mol. The summed E-state index contributed by atoms with van der Waals surface area (Å²) >= 11 is 0. The third kappa shape index (κ3) is 3.58. The second-order valence-corrected chi connectivity index (χ2v) is 4.74. The Bertz CT molecular complexity index is 517. The molecule has 0 radical (unpaired) electrons. The lowest BCUT2D eigenvalue weighted by atomic mass is 10.1. The number of benzene rings is 2. The van der Waals surface area contributed by atoms with Gasteiger partial charge in [0.1, 0.15) is 12.4 Å². The number of aliphatic hydroxyl groups is 1. The first-order chi connectivity index (χ1) is 9.20. The second-order valence-electron chi connectivity index (χ2n) is 4.74.